The Morgan fingerprint density at radius 3 is 2.71 bits per heavy atom. The van der Waals surface area contributed by atoms with Crippen molar-refractivity contribution in [2.24, 2.45) is 5.92 Å². The average molecular weight is 214 g/mol. The molecule has 0 aromatic heterocycles. The van der Waals surface area contributed by atoms with Crippen molar-refractivity contribution in [3.05, 3.63) is 11.8 Å². The highest BCUT2D eigenvalue weighted by Gasteiger charge is 2.12. The van der Waals surface area contributed by atoms with Crippen molar-refractivity contribution in [3.8, 4) is 0 Å². The summed E-state index contributed by atoms with van der Waals surface area (Å²) in [6, 6.07) is 0. The summed E-state index contributed by atoms with van der Waals surface area (Å²) in [5.74, 6) is 3.73. The van der Waals surface area contributed by atoms with E-state index in [-0.39, 0.29) is 0 Å². The number of hydrogen-bond acceptors (Lipinski definition) is 2. The average Bonchev–Trinajstić information content (AvgIpc) is 2.18. The lowest BCUT2D eigenvalue weighted by atomic mass is 9.97. The maximum absolute atomic E-state index is 5.42. The summed E-state index contributed by atoms with van der Waals surface area (Å²) < 4.78 is 5.42. The maximum atomic E-state index is 5.42. The van der Waals surface area contributed by atoms with Crippen molar-refractivity contribution < 1.29 is 4.74 Å². The summed E-state index contributed by atoms with van der Waals surface area (Å²) in [6.45, 7) is 5.03. The molecule has 1 rings (SSSR count). The van der Waals surface area contributed by atoms with E-state index >= 15 is 0 Å². The molecule has 0 aromatic rings. The second-order valence-electron chi connectivity index (χ2n) is 4.26. The number of hydrogen-bond donors (Lipinski definition) is 0. The fraction of sp³-hybridized carbons (Fsp3) is 0.833. The van der Waals surface area contributed by atoms with Crippen LogP contribution in [0.15, 0.2) is 11.8 Å². The van der Waals surface area contributed by atoms with Crippen molar-refractivity contribution in [1.29, 1.82) is 0 Å². The second-order valence-corrected chi connectivity index (χ2v) is 5.49. The molecule has 0 aliphatic carbocycles. The first-order chi connectivity index (χ1) is 6.79. The quantitative estimate of drug-likeness (QED) is 0.508. The molecule has 0 radical (unpaired) electrons. The molecule has 82 valence electrons. The van der Waals surface area contributed by atoms with Gasteiger partial charge in [0.15, 0.2) is 0 Å². The van der Waals surface area contributed by atoms with Crippen LogP contribution in [0.3, 0.4) is 0 Å². The molecule has 0 spiro atoms. The third-order valence-electron chi connectivity index (χ3n) is 2.53. The normalized spacial score (nSPS) is 17.9. The van der Waals surface area contributed by atoms with Gasteiger partial charge in [-0.3, -0.25) is 0 Å². The molecule has 1 aliphatic heterocycles. The molecule has 1 aliphatic rings. The van der Waals surface area contributed by atoms with Gasteiger partial charge in [0.1, 0.15) is 0 Å². The maximum Gasteiger partial charge on any atom is 0.0873 e. The largest absolute Gasteiger partial charge is 0.501 e. The van der Waals surface area contributed by atoms with Gasteiger partial charge in [-0.25, -0.2) is 0 Å². The smallest absolute Gasteiger partial charge is 0.0873 e. The highest BCUT2D eigenvalue weighted by atomic mass is 32.2. The van der Waals surface area contributed by atoms with E-state index in [1.807, 2.05) is 6.26 Å². The Balaban J connectivity index is 1.95. The molecule has 0 atom stereocenters. The Morgan fingerprint density at radius 2 is 2.07 bits per heavy atom. The summed E-state index contributed by atoms with van der Waals surface area (Å²) in [4.78, 5) is 0. The topological polar surface area (TPSA) is 9.23 Å². The van der Waals surface area contributed by atoms with Crippen molar-refractivity contribution in [1.82, 2.24) is 0 Å². The third-order valence-corrected chi connectivity index (χ3v) is 3.58. The molecule has 0 N–H and O–H groups in total. The highest BCUT2D eigenvalue weighted by Crippen LogP contribution is 2.26. The summed E-state index contributed by atoms with van der Waals surface area (Å²) in [7, 11) is 0. The van der Waals surface area contributed by atoms with Crippen LogP contribution in [-0.2, 0) is 4.74 Å². The van der Waals surface area contributed by atoms with E-state index in [1.165, 1.54) is 42.8 Å². The van der Waals surface area contributed by atoms with Gasteiger partial charge >= 0.3 is 0 Å². The molecular formula is C12H22OS. The van der Waals surface area contributed by atoms with Crippen LogP contribution in [0.2, 0.25) is 0 Å². The van der Waals surface area contributed by atoms with Crippen LogP contribution in [0.25, 0.3) is 0 Å². The van der Waals surface area contributed by atoms with Crippen molar-refractivity contribution in [2.75, 3.05) is 18.1 Å². The SMILES string of the molecule is CC(C)=COCCCC1CCSCC1. The first-order valence-corrected chi connectivity index (χ1v) is 6.77. The zero-order valence-electron chi connectivity index (χ0n) is 9.42. The Hall–Kier alpha value is -0.110. The zero-order chi connectivity index (χ0) is 10.2. The molecule has 0 saturated carbocycles. The number of rotatable bonds is 5. The monoisotopic (exact) mass is 214 g/mol. The van der Waals surface area contributed by atoms with Crippen molar-refractivity contribution >= 4 is 11.8 Å². The molecule has 0 unspecified atom stereocenters. The lowest BCUT2D eigenvalue weighted by Crippen LogP contribution is -2.10. The Kier molecular flexibility index (Phi) is 6.17. The fourth-order valence-electron chi connectivity index (χ4n) is 1.72. The van der Waals surface area contributed by atoms with Gasteiger partial charge < -0.3 is 4.74 Å². The lowest BCUT2D eigenvalue weighted by molar-refractivity contribution is 0.229. The van der Waals surface area contributed by atoms with E-state index in [1.54, 1.807) is 0 Å². The molecule has 1 fully saturated rings. The standard InChI is InChI=1S/C12H22OS/c1-11(2)10-13-7-3-4-12-5-8-14-9-6-12/h10,12H,3-9H2,1-2H3. The third kappa shape index (κ3) is 5.58. The zero-order valence-corrected chi connectivity index (χ0v) is 10.2. The van der Waals surface area contributed by atoms with Crippen LogP contribution < -0.4 is 0 Å². The molecule has 1 heterocycles. The van der Waals surface area contributed by atoms with Gasteiger partial charge in [-0.05, 0) is 62.5 Å². The lowest BCUT2D eigenvalue weighted by Gasteiger charge is -2.20. The number of thioether (sulfide) groups is 1. The summed E-state index contributed by atoms with van der Waals surface area (Å²) in [6.07, 6.45) is 7.30. The van der Waals surface area contributed by atoms with Crippen LogP contribution in [-0.4, -0.2) is 18.1 Å². The van der Waals surface area contributed by atoms with Crippen LogP contribution in [0.1, 0.15) is 39.5 Å². The number of ether oxygens (including phenoxy) is 1. The molecule has 14 heavy (non-hydrogen) atoms. The molecular weight excluding hydrogens is 192 g/mol. The van der Waals surface area contributed by atoms with Gasteiger partial charge in [-0.2, -0.15) is 11.8 Å². The summed E-state index contributed by atoms with van der Waals surface area (Å²) in [5, 5.41) is 0. The second kappa shape index (κ2) is 7.22. The van der Waals surface area contributed by atoms with Crippen LogP contribution in [0, 0.1) is 5.92 Å². The van der Waals surface area contributed by atoms with Crippen molar-refractivity contribution in [3.63, 3.8) is 0 Å². The highest BCUT2D eigenvalue weighted by molar-refractivity contribution is 7.99. The predicted octanol–water partition coefficient (Wildman–Crippen LogP) is 3.85. The summed E-state index contributed by atoms with van der Waals surface area (Å²) in [5.41, 5.74) is 1.25. The van der Waals surface area contributed by atoms with E-state index in [0.717, 1.165) is 12.5 Å². The first kappa shape index (κ1) is 12.0. The van der Waals surface area contributed by atoms with Gasteiger partial charge in [0.05, 0.1) is 12.9 Å². The predicted molar refractivity (Wildman–Crippen MR) is 64.7 cm³/mol. The van der Waals surface area contributed by atoms with Crippen LogP contribution >= 0.6 is 11.8 Å². The fourth-order valence-corrected chi connectivity index (χ4v) is 2.92. The minimum atomic E-state index is 0.898. The van der Waals surface area contributed by atoms with E-state index in [2.05, 4.69) is 25.6 Å². The van der Waals surface area contributed by atoms with Crippen LogP contribution in [0.5, 0.6) is 0 Å². The van der Waals surface area contributed by atoms with E-state index in [9.17, 15) is 0 Å². The minimum Gasteiger partial charge on any atom is -0.501 e. The molecule has 0 aromatic carbocycles. The van der Waals surface area contributed by atoms with E-state index < -0.39 is 0 Å². The van der Waals surface area contributed by atoms with Gasteiger partial charge in [-0.15, -0.1) is 0 Å². The molecule has 0 amide bonds. The molecule has 2 heteroatoms. The van der Waals surface area contributed by atoms with E-state index in [0.29, 0.717) is 0 Å². The van der Waals surface area contributed by atoms with Gasteiger partial charge in [0.2, 0.25) is 0 Å². The number of allylic oxidation sites excluding steroid dienone is 1. The summed E-state index contributed by atoms with van der Waals surface area (Å²) >= 11 is 2.11. The Labute approximate surface area is 92.3 Å². The Morgan fingerprint density at radius 1 is 1.36 bits per heavy atom. The molecule has 1 saturated heterocycles. The van der Waals surface area contributed by atoms with Gasteiger partial charge in [0, 0.05) is 0 Å². The van der Waals surface area contributed by atoms with Crippen molar-refractivity contribution in [2.45, 2.75) is 39.5 Å². The first-order valence-electron chi connectivity index (χ1n) is 5.62. The van der Waals surface area contributed by atoms with Gasteiger partial charge in [0.25, 0.3) is 0 Å². The molecule has 0 bridgehead atoms. The molecule has 1 nitrogen and oxygen atoms in total. The van der Waals surface area contributed by atoms with Crippen LogP contribution in [0.4, 0.5) is 0 Å². The Bertz CT molecular complexity index is 167. The van der Waals surface area contributed by atoms with Gasteiger partial charge in [-0.1, -0.05) is 0 Å². The minimum absolute atomic E-state index is 0.898. The van der Waals surface area contributed by atoms with E-state index in [4.69, 9.17) is 4.74 Å².